The number of aromatic nitrogens is 1. The third-order valence-electron chi connectivity index (χ3n) is 3.31. The normalized spacial score (nSPS) is 12.3. The van der Waals surface area contributed by atoms with Crippen molar-refractivity contribution in [1.29, 1.82) is 0 Å². The quantitative estimate of drug-likeness (QED) is 0.820. The van der Waals surface area contributed by atoms with E-state index in [1.54, 1.807) is 0 Å². The molecule has 0 aliphatic rings. The van der Waals surface area contributed by atoms with Crippen molar-refractivity contribution in [2.45, 2.75) is 32.2 Å². The number of nitrogens with one attached hydrogen (secondary N) is 1. The molecular formula is C17H22N2. The second-order valence-electron chi connectivity index (χ2n) is 4.95. The molecule has 1 heterocycles. The van der Waals surface area contributed by atoms with Crippen molar-refractivity contribution in [3.63, 3.8) is 0 Å². The summed E-state index contributed by atoms with van der Waals surface area (Å²) in [6.45, 7) is 3.24. The first-order valence-corrected chi connectivity index (χ1v) is 7.02. The van der Waals surface area contributed by atoms with Crippen molar-refractivity contribution in [2.24, 2.45) is 0 Å². The summed E-state index contributed by atoms with van der Waals surface area (Å²) >= 11 is 0. The van der Waals surface area contributed by atoms with Gasteiger partial charge in [-0.25, -0.2) is 0 Å². The lowest BCUT2D eigenvalue weighted by molar-refractivity contribution is 0.516. The Kier molecular flexibility index (Phi) is 5.57. The molecule has 1 aromatic heterocycles. The van der Waals surface area contributed by atoms with Gasteiger partial charge < -0.3 is 5.32 Å². The smallest absolute Gasteiger partial charge is 0.0416 e. The Morgan fingerprint density at radius 3 is 2.53 bits per heavy atom. The Balaban J connectivity index is 1.64. The molecule has 1 aromatic carbocycles. The standard InChI is InChI=1S/C17H22N2/c1-15(10-11-16-7-3-2-4-8-16)18-14-12-17-9-5-6-13-19-17/h2-9,13,15,18H,10-12,14H2,1H3. The summed E-state index contributed by atoms with van der Waals surface area (Å²) in [5, 5.41) is 3.56. The zero-order valence-electron chi connectivity index (χ0n) is 11.5. The minimum absolute atomic E-state index is 0.545. The molecule has 0 saturated heterocycles. The first kappa shape index (κ1) is 13.8. The van der Waals surface area contributed by atoms with Gasteiger partial charge in [-0.1, -0.05) is 36.4 Å². The molecule has 2 aromatic rings. The molecular weight excluding hydrogens is 232 g/mol. The van der Waals surface area contributed by atoms with Gasteiger partial charge in [0, 0.05) is 30.9 Å². The number of hydrogen-bond donors (Lipinski definition) is 1. The summed E-state index contributed by atoms with van der Waals surface area (Å²) < 4.78 is 0. The van der Waals surface area contributed by atoms with Crippen LogP contribution in [0.3, 0.4) is 0 Å². The highest BCUT2D eigenvalue weighted by Gasteiger charge is 2.02. The van der Waals surface area contributed by atoms with Gasteiger partial charge in [0.2, 0.25) is 0 Å². The van der Waals surface area contributed by atoms with E-state index in [1.165, 1.54) is 12.0 Å². The van der Waals surface area contributed by atoms with Gasteiger partial charge in [-0.3, -0.25) is 4.98 Å². The first-order valence-electron chi connectivity index (χ1n) is 7.02. The van der Waals surface area contributed by atoms with Crippen LogP contribution in [0.15, 0.2) is 54.7 Å². The summed E-state index contributed by atoms with van der Waals surface area (Å²) in [6, 6.07) is 17.3. The van der Waals surface area contributed by atoms with Gasteiger partial charge in [-0.15, -0.1) is 0 Å². The second kappa shape index (κ2) is 7.70. The Morgan fingerprint density at radius 1 is 1.00 bits per heavy atom. The maximum absolute atomic E-state index is 4.33. The van der Waals surface area contributed by atoms with Gasteiger partial charge in [0.05, 0.1) is 0 Å². The van der Waals surface area contributed by atoms with Crippen LogP contribution >= 0.6 is 0 Å². The van der Waals surface area contributed by atoms with Crippen LogP contribution in [0.2, 0.25) is 0 Å². The van der Waals surface area contributed by atoms with Crippen molar-refractivity contribution in [3.05, 3.63) is 66.0 Å². The van der Waals surface area contributed by atoms with Crippen LogP contribution < -0.4 is 5.32 Å². The van der Waals surface area contributed by atoms with Crippen molar-refractivity contribution >= 4 is 0 Å². The number of pyridine rings is 1. The van der Waals surface area contributed by atoms with Crippen LogP contribution in [0.25, 0.3) is 0 Å². The van der Waals surface area contributed by atoms with E-state index in [1.807, 2.05) is 18.3 Å². The molecule has 0 spiro atoms. The van der Waals surface area contributed by atoms with Gasteiger partial charge in [-0.05, 0) is 37.5 Å². The molecule has 2 rings (SSSR count). The average molecular weight is 254 g/mol. The SMILES string of the molecule is CC(CCc1ccccc1)NCCc1ccccn1. The molecule has 0 aliphatic heterocycles. The fourth-order valence-corrected chi connectivity index (χ4v) is 2.12. The molecule has 0 saturated carbocycles. The molecule has 2 nitrogen and oxygen atoms in total. The number of aryl methyl sites for hydroxylation is 1. The lowest BCUT2D eigenvalue weighted by Crippen LogP contribution is -2.28. The van der Waals surface area contributed by atoms with Crippen LogP contribution in [-0.4, -0.2) is 17.6 Å². The van der Waals surface area contributed by atoms with Crippen LogP contribution in [0, 0.1) is 0 Å². The van der Waals surface area contributed by atoms with Gasteiger partial charge in [0.25, 0.3) is 0 Å². The van der Waals surface area contributed by atoms with Crippen LogP contribution in [0.1, 0.15) is 24.6 Å². The van der Waals surface area contributed by atoms with E-state index in [0.717, 1.165) is 25.1 Å². The Labute approximate surface area is 115 Å². The maximum Gasteiger partial charge on any atom is 0.0416 e. The Bertz CT molecular complexity index is 453. The summed E-state index contributed by atoms with van der Waals surface area (Å²) in [5.41, 5.74) is 2.58. The fourth-order valence-electron chi connectivity index (χ4n) is 2.12. The molecule has 1 unspecified atom stereocenters. The van der Waals surface area contributed by atoms with E-state index >= 15 is 0 Å². The lowest BCUT2D eigenvalue weighted by atomic mass is 10.1. The van der Waals surface area contributed by atoms with E-state index < -0.39 is 0 Å². The molecule has 0 radical (unpaired) electrons. The molecule has 0 bridgehead atoms. The Morgan fingerprint density at radius 2 is 1.79 bits per heavy atom. The summed E-state index contributed by atoms with van der Waals surface area (Å²) in [7, 11) is 0. The minimum Gasteiger partial charge on any atom is -0.314 e. The van der Waals surface area contributed by atoms with E-state index in [0.29, 0.717) is 6.04 Å². The van der Waals surface area contributed by atoms with Crippen LogP contribution in [-0.2, 0) is 12.8 Å². The van der Waals surface area contributed by atoms with E-state index in [-0.39, 0.29) is 0 Å². The van der Waals surface area contributed by atoms with Gasteiger partial charge in [-0.2, -0.15) is 0 Å². The van der Waals surface area contributed by atoms with Crippen molar-refractivity contribution in [2.75, 3.05) is 6.54 Å². The summed E-state index contributed by atoms with van der Waals surface area (Å²) in [5.74, 6) is 0. The Hall–Kier alpha value is -1.67. The molecule has 2 heteroatoms. The predicted molar refractivity (Wildman–Crippen MR) is 80.2 cm³/mol. The highest BCUT2D eigenvalue weighted by molar-refractivity contribution is 5.14. The number of hydrogen-bond acceptors (Lipinski definition) is 2. The zero-order valence-corrected chi connectivity index (χ0v) is 11.5. The van der Waals surface area contributed by atoms with Crippen LogP contribution in [0.5, 0.6) is 0 Å². The molecule has 0 fully saturated rings. The molecule has 1 N–H and O–H groups in total. The maximum atomic E-state index is 4.33. The minimum atomic E-state index is 0.545. The van der Waals surface area contributed by atoms with Crippen molar-refractivity contribution in [3.8, 4) is 0 Å². The average Bonchev–Trinajstić information content (AvgIpc) is 2.47. The monoisotopic (exact) mass is 254 g/mol. The molecule has 19 heavy (non-hydrogen) atoms. The number of nitrogens with zero attached hydrogens (tertiary/aromatic N) is 1. The van der Waals surface area contributed by atoms with Crippen LogP contribution in [0.4, 0.5) is 0 Å². The summed E-state index contributed by atoms with van der Waals surface area (Å²) in [6.07, 6.45) is 5.16. The highest BCUT2D eigenvalue weighted by Crippen LogP contribution is 2.04. The third kappa shape index (κ3) is 5.23. The number of rotatable bonds is 7. The van der Waals surface area contributed by atoms with Gasteiger partial charge in [0.1, 0.15) is 0 Å². The van der Waals surface area contributed by atoms with Crippen molar-refractivity contribution in [1.82, 2.24) is 10.3 Å². The van der Waals surface area contributed by atoms with E-state index in [2.05, 4.69) is 53.6 Å². The largest absolute Gasteiger partial charge is 0.314 e. The highest BCUT2D eigenvalue weighted by atomic mass is 14.9. The molecule has 0 amide bonds. The van der Waals surface area contributed by atoms with E-state index in [9.17, 15) is 0 Å². The van der Waals surface area contributed by atoms with E-state index in [4.69, 9.17) is 0 Å². The zero-order chi connectivity index (χ0) is 13.3. The lowest BCUT2D eigenvalue weighted by Gasteiger charge is -2.13. The van der Waals surface area contributed by atoms with Gasteiger partial charge >= 0.3 is 0 Å². The first-order chi connectivity index (χ1) is 9.34. The number of benzene rings is 1. The second-order valence-corrected chi connectivity index (χ2v) is 4.95. The van der Waals surface area contributed by atoms with Gasteiger partial charge in [0.15, 0.2) is 0 Å². The topological polar surface area (TPSA) is 24.9 Å². The fraction of sp³-hybridized carbons (Fsp3) is 0.353. The molecule has 0 aliphatic carbocycles. The van der Waals surface area contributed by atoms with Crippen molar-refractivity contribution < 1.29 is 0 Å². The summed E-state index contributed by atoms with van der Waals surface area (Å²) in [4.78, 5) is 4.33. The molecule has 1 atom stereocenters. The molecule has 100 valence electrons. The third-order valence-corrected chi connectivity index (χ3v) is 3.31. The predicted octanol–water partition coefficient (Wildman–Crippen LogP) is 3.24.